The van der Waals surface area contributed by atoms with E-state index in [1.165, 1.54) is 32.4 Å². The maximum absolute atomic E-state index is 13.6. The average molecular weight is 469 g/mol. The van der Waals surface area contributed by atoms with Gasteiger partial charge in [0.25, 0.3) is 10.0 Å². The van der Waals surface area contributed by atoms with Crippen LogP contribution < -0.4 is 19.1 Å². The molecule has 0 spiro atoms. The van der Waals surface area contributed by atoms with Crippen molar-refractivity contribution in [3.63, 3.8) is 0 Å². The van der Waals surface area contributed by atoms with E-state index in [4.69, 9.17) is 9.47 Å². The largest absolute Gasteiger partial charge is 0.493 e. The Morgan fingerprint density at radius 1 is 0.848 bits per heavy atom. The SMILES string of the molecule is COc1ccc(N(CC(=O)Nc2cc(C)ccc2C)S(=O)(=O)c2ccc(C)cc2)cc1OC. The van der Waals surface area contributed by atoms with Gasteiger partial charge in [0.1, 0.15) is 6.54 Å². The van der Waals surface area contributed by atoms with Gasteiger partial charge in [-0.15, -0.1) is 0 Å². The van der Waals surface area contributed by atoms with Crippen molar-refractivity contribution < 1.29 is 22.7 Å². The molecule has 0 unspecified atom stereocenters. The van der Waals surface area contributed by atoms with Crippen LogP contribution in [0.2, 0.25) is 0 Å². The van der Waals surface area contributed by atoms with Gasteiger partial charge in [-0.1, -0.05) is 29.8 Å². The lowest BCUT2D eigenvalue weighted by Gasteiger charge is -2.25. The van der Waals surface area contributed by atoms with Crippen LogP contribution in [0.4, 0.5) is 11.4 Å². The van der Waals surface area contributed by atoms with Crippen LogP contribution in [0, 0.1) is 20.8 Å². The molecule has 3 aromatic carbocycles. The third kappa shape index (κ3) is 5.46. The fraction of sp³-hybridized carbons (Fsp3) is 0.240. The normalized spacial score (nSPS) is 11.1. The van der Waals surface area contributed by atoms with Gasteiger partial charge in [-0.3, -0.25) is 9.10 Å². The number of nitrogens with zero attached hydrogens (tertiary/aromatic N) is 1. The first kappa shape index (κ1) is 24.1. The zero-order chi connectivity index (χ0) is 24.2. The van der Waals surface area contributed by atoms with E-state index in [9.17, 15) is 13.2 Å². The average Bonchev–Trinajstić information content (AvgIpc) is 2.79. The molecule has 7 nitrogen and oxygen atoms in total. The number of benzene rings is 3. The highest BCUT2D eigenvalue weighted by Gasteiger charge is 2.28. The first-order valence-electron chi connectivity index (χ1n) is 10.3. The van der Waals surface area contributed by atoms with Gasteiger partial charge in [0.2, 0.25) is 5.91 Å². The van der Waals surface area contributed by atoms with Crippen molar-refractivity contribution in [3.8, 4) is 11.5 Å². The number of nitrogens with one attached hydrogen (secondary N) is 1. The van der Waals surface area contributed by atoms with Crippen LogP contribution in [-0.2, 0) is 14.8 Å². The molecule has 0 saturated heterocycles. The Kier molecular flexibility index (Phi) is 7.28. The Morgan fingerprint density at radius 2 is 1.48 bits per heavy atom. The first-order valence-corrected chi connectivity index (χ1v) is 11.8. The smallest absolute Gasteiger partial charge is 0.264 e. The minimum Gasteiger partial charge on any atom is -0.493 e. The molecule has 0 saturated carbocycles. The summed E-state index contributed by atoms with van der Waals surface area (Å²) in [7, 11) is -1.08. The van der Waals surface area contributed by atoms with E-state index in [2.05, 4.69) is 5.32 Å². The molecular weight excluding hydrogens is 440 g/mol. The lowest BCUT2D eigenvalue weighted by Crippen LogP contribution is -2.38. The van der Waals surface area contributed by atoms with Crippen LogP contribution in [0.15, 0.2) is 65.6 Å². The molecule has 1 amide bonds. The standard InChI is InChI=1S/C25H28N2O5S/c1-17-7-11-21(12-8-17)33(29,30)27(20-10-13-23(31-4)24(15-20)32-5)16-25(28)26-22-14-18(2)6-9-19(22)3/h6-15H,16H2,1-5H3,(H,26,28). The van der Waals surface area contributed by atoms with E-state index < -0.39 is 22.5 Å². The fourth-order valence-electron chi connectivity index (χ4n) is 3.32. The van der Waals surface area contributed by atoms with Gasteiger partial charge in [0, 0.05) is 11.8 Å². The van der Waals surface area contributed by atoms with E-state index in [1.807, 2.05) is 39.0 Å². The number of carbonyl (C=O) groups is 1. The van der Waals surface area contributed by atoms with Crippen LogP contribution in [-0.4, -0.2) is 35.1 Å². The number of hydrogen-bond donors (Lipinski definition) is 1. The van der Waals surface area contributed by atoms with Gasteiger partial charge >= 0.3 is 0 Å². The van der Waals surface area contributed by atoms with Crippen molar-refractivity contribution in [2.45, 2.75) is 25.7 Å². The predicted octanol–water partition coefficient (Wildman–Crippen LogP) is 4.46. The van der Waals surface area contributed by atoms with E-state index >= 15 is 0 Å². The number of carbonyl (C=O) groups excluding carboxylic acids is 1. The van der Waals surface area contributed by atoms with Gasteiger partial charge in [-0.05, 0) is 62.2 Å². The maximum Gasteiger partial charge on any atom is 0.264 e. The van der Waals surface area contributed by atoms with Gasteiger partial charge < -0.3 is 14.8 Å². The van der Waals surface area contributed by atoms with E-state index in [0.717, 1.165) is 21.0 Å². The first-order chi connectivity index (χ1) is 15.6. The molecule has 33 heavy (non-hydrogen) atoms. The summed E-state index contributed by atoms with van der Waals surface area (Å²) in [6.45, 7) is 5.26. The summed E-state index contributed by atoms with van der Waals surface area (Å²) in [6.07, 6.45) is 0. The van der Waals surface area contributed by atoms with Crippen molar-refractivity contribution >= 4 is 27.3 Å². The molecule has 3 aromatic rings. The molecule has 0 aromatic heterocycles. The summed E-state index contributed by atoms with van der Waals surface area (Å²) >= 11 is 0. The number of rotatable bonds is 8. The third-order valence-electron chi connectivity index (χ3n) is 5.22. The summed E-state index contributed by atoms with van der Waals surface area (Å²) < 4.78 is 38.8. The number of amides is 1. The Hall–Kier alpha value is -3.52. The predicted molar refractivity (Wildman–Crippen MR) is 130 cm³/mol. The second-order valence-electron chi connectivity index (χ2n) is 7.73. The number of ether oxygens (including phenoxy) is 2. The molecule has 0 atom stereocenters. The molecule has 0 radical (unpaired) electrons. The van der Waals surface area contributed by atoms with Crippen molar-refractivity contribution in [1.82, 2.24) is 0 Å². The molecular formula is C25H28N2O5S. The van der Waals surface area contributed by atoms with E-state index in [0.29, 0.717) is 17.2 Å². The van der Waals surface area contributed by atoms with Crippen molar-refractivity contribution in [1.29, 1.82) is 0 Å². The highest BCUT2D eigenvalue weighted by atomic mass is 32.2. The Bertz CT molecular complexity index is 1250. The second kappa shape index (κ2) is 9.95. The second-order valence-corrected chi connectivity index (χ2v) is 9.59. The minimum absolute atomic E-state index is 0.0856. The topological polar surface area (TPSA) is 84.9 Å². The zero-order valence-corrected chi connectivity index (χ0v) is 20.2. The minimum atomic E-state index is -4.04. The van der Waals surface area contributed by atoms with Crippen molar-refractivity contribution in [3.05, 3.63) is 77.4 Å². The summed E-state index contributed by atoms with van der Waals surface area (Å²) in [6, 6.07) is 16.9. The molecule has 0 bridgehead atoms. The van der Waals surface area contributed by atoms with Crippen LogP contribution in [0.3, 0.4) is 0 Å². The van der Waals surface area contributed by atoms with Crippen LogP contribution in [0.5, 0.6) is 11.5 Å². The maximum atomic E-state index is 13.6. The molecule has 0 aliphatic heterocycles. The van der Waals surface area contributed by atoms with E-state index in [1.54, 1.807) is 24.3 Å². The molecule has 174 valence electrons. The van der Waals surface area contributed by atoms with Gasteiger partial charge in [0.15, 0.2) is 11.5 Å². The zero-order valence-electron chi connectivity index (χ0n) is 19.4. The summed E-state index contributed by atoms with van der Waals surface area (Å²) in [5.74, 6) is 0.344. The van der Waals surface area contributed by atoms with Crippen LogP contribution in [0.25, 0.3) is 0 Å². The molecule has 0 heterocycles. The molecule has 0 fully saturated rings. The quantitative estimate of drug-likeness (QED) is 0.528. The molecule has 8 heteroatoms. The number of aryl methyl sites for hydroxylation is 3. The molecule has 0 aliphatic carbocycles. The highest BCUT2D eigenvalue weighted by molar-refractivity contribution is 7.92. The lowest BCUT2D eigenvalue weighted by atomic mass is 10.1. The lowest BCUT2D eigenvalue weighted by molar-refractivity contribution is -0.114. The Morgan fingerprint density at radius 3 is 2.12 bits per heavy atom. The summed E-state index contributed by atoms with van der Waals surface area (Å²) in [5.41, 5.74) is 3.72. The molecule has 3 rings (SSSR count). The van der Waals surface area contributed by atoms with E-state index in [-0.39, 0.29) is 10.6 Å². The number of sulfonamides is 1. The molecule has 1 N–H and O–H groups in total. The number of hydrogen-bond acceptors (Lipinski definition) is 5. The monoisotopic (exact) mass is 468 g/mol. The number of anilines is 2. The highest BCUT2D eigenvalue weighted by Crippen LogP contribution is 2.34. The van der Waals surface area contributed by atoms with Gasteiger partial charge in [0.05, 0.1) is 24.8 Å². The summed E-state index contributed by atoms with van der Waals surface area (Å²) in [5, 5.41) is 2.83. The summed E-state index contributed by atoms with van der Waals surface area (Å²) in [4.78, 5) is 13.1. The van der Waals surface area contributed by atoms with Crippen LogP contribution in [0.1, 0.15) is 16.7 Å². The Balaban J connectivity index is 2.02. The van der Waals surface area contributed by atoms with Crippen LogP contribution >= 0.6 is 0 Å². The third-order valence-corrected chi connectivity index (χ3v) is 7.01. The number of methoxy groups -OCH3 is 2. The van der Waals surface area contributed by atoms with Gasteiger partial charge in [-0.2, -0.15) is 0 Å². The molecule has 0 aliphatic rings. The fourth-order valence-corrected chi connectivity index (χ4v) is 4.74. The van der Waals surface area contributed by atoms with Gasteiger partial charge in [-0.25, -0.2) is 8.42 Å². The Labute approximate surface area is 195 Å². The van der Waals surface area contributed by atoms with Crippen molar-refractivity contribution in [2.24, 2.45) is 0 Å². The van der Waals surface area contributed by atoms with Crippen molar-refractivity contribution in [2.75, 3.05) is 30.4 Å².